The van der Waals surface area contributed by atoms with E-state index >= 15 is 0 Å². The summed E-state index contributed by atoms with van der Waals surface area (Å²) in [5, 5.41) is 10.6. The van der Waals surface area contributed by atoms with E-state index in [0.29, 0.717) is 0 Å². The molecule has 0 saturated carbocycles. The zero-order valence-electron chi connectivity index (χ0n) is 8.41. The van der Waals surface area contributed by atoms with E-state index in [4.69, 9.17) is 4.74 Å². The first-order valence-corrected chi connectivity index (χ1v) is 4.40. The standard InChI is InChI=1S/C8H11N3O4/c1-3-15-8(12)6(2)10-5-9-4-7(10)11(13)14/h4-6H,3H2,1-2H3. The monoisotopic (exact) mass is 213 g/mol. The molecule has 0 amide bonds. The number of rotatable bonds is 4. The van der Waals surface area contributed by atoms with Crippen molar-refractivity contribution in [3.8, 4) is 0 Å². The fourth-order valence-corrected chi connectivity index (χ4v) is 1.11. The fourth-order valence-electron chi connectivity index (χ4n) is 1.11. The van der Waals surface area contributed by atoms with Gasteiger partial charge in [0, 0.05) is 0 Å². The van der Waals surface area contributed by atoms with Gasteiger partial charge >= 0.3 is 11.8 Å². The highest BCUT2D eigenvalue weighted by molar-refractivity contribution is 5.74. The summed E-state index contributed by atoms with van der Waals surface area (Å²) in [4.78, 5) is 24.9. The Hall–Kier alpha value is -1.92. The molecule has 0 aliphatic carbocycles. The Balaban J connectivity index is 2.90. The number of ether oxygens (including phenoxy) is 1. The predicted molar refractivity (Wildman–Crippen MR) is 50.2 cm³/mol. The van der Waals surface area contributed by atoms with Crippen LogP contribution in [0.1, 0.15) is 19.9 Å². The molecular weight excluding hydrogens is 202 g/mol. The molecular formula is C8H11N3O4. The summed E-state index contributed by atoms with van der Waals surface area (Å²) in [6, 6.07) is -0.743. The van der Waals surface area contributed by atoms with Crippen LogP contribution in [-0.4, -0.2) is 27.1 Å². The molecule has 0 aromatic carbocycles. The maximum Gasteiger partial charge on any atom is 0.351 e. The zero-order valence-corrected chi connectivity index (χ0v) is 8.41. The molecule has 0 fully saturated rings. The van der Waals surface area contributed by atoms with Gasteiger partial charge in [-0.15, -0.1) is 0 Å². The summed E-state index contributed by atoms with van der Waals surface area (Å²) in [6.45, 7) is 3.44. The number of nitro groups is 1. The van der Waals surface area contributed by atoms with Gasteiger partial charge in [-0.3, -0.25) is 0 Å². The lowest BCUT2D eigenvalue weighted by atomic mass is 10.3. The van der Waals surface area contributed by atoms with Gasteiger partial charge in [0.05, 0.1) is 6.61 Å². The van der Waals surface area contributed by atoms with Gasteiger partial charge in [-0.25, -0.2) is 9.78 Å². The molecule has 0 N–H and O–H groups in total. The molecule has 1 atom stereocenters. The normalized spacial score (nSPS) is 12.1. The van der Waals surface area contributed by atoms with E-state index in [1.165, 1.54) is 13.3 Å². The van der Waals surface area contributed by atoms with Crippen LogP contribution in [0.3, 0.4) is 0 Å². The van der Waals surface area contributed by atoms with E-state index in [0.717, 1.165) is 10.8 Å². The molecule has 1 heterocycles. The molecule has 1 unspecified atom stereocenters. The van der Waals surface area contributed by atoms with Crippen LogP contribution in [0.5, 0.6) is 0 Å². The van der Waals surface area contributed by atoms with E-state index in [2.05, 4.69) is 4.98 Å². The first kappa shape index (κ1) is 11.2. The molecule has 1 aromatic rings. The van der Waals surface area contributed by atoms with Gasteiger partial charge in [0.25, 0.3) is 0 Å². The molecule has 0 radical (unpaired) electrons. The van der Waals surface area contributed by atoms with E-state index in [1.807, 2.05) is 0 Å². The van der Waals surface area contributed by atoms with Crippen LogP contribution in [0.15, 0.2) is 12.5 Å². The number of carbonyl (C=O) groups excluding carboxylic acids is 1. The SMILES string of the molecule is CCOC(=O)C(C)n1cncc1[N+](=O)[O-]. The second kappa shape index (κ2) is 4.54. The minimum Gasteiger partial charge on any atom is -0.463 e. The summed E-state index contributed by atoms with van der Waals surface area (Å²) in [7, 11) is 0. The van der Waals surface area contributed by atoms with Crippen molar-refractivity contribution in [2.45, 2.75) is 19.9 Å². The smallest absolute Gasteiger partial charge is 0.351 e. The van der Waals surface area contributed by atoms with Crippen LogP contribution in [-0.2, 0) is 9.53 Å². The van der Waals surface area contributed by atoms with Gasteiger partial charge < -0.3 is 14.9 Å². The Labute approximate surface area is 85.8 Å². The van der Waals surface area contributed by atoms with E-state index in [1.54, 1.807) is 6.92 Å². The third kappa shape index (κ3) is 2.30. The van der Waals surface area contributed by atoms with Crippen molar-refractivity contribution in [2.24, 2.45) is 0 Å². The maximum atomic E-state index is 11.3. The Morgan fingerprint density at radius 3 is 3.00 bits per heavy atom. The quantitative estimate of drug-likeness (QED) is 0.421. The van der Waals surface area contributed by atoms with Crippen molar-refractivity contribution in [1.29, 1.82) is 0 Å². The fraction of sp³-hybridized carbons (Fsp3) is 0.500. The van der Waals surface area contributed by atoms with Crippen molar-refractivity contribution >= 4 is 11.8 Å². The molecule has 0 bridgehead atoms. The van der Waals surface area contributed by atoms with E-state index in [-0.39, 0.29) is 12.4 Å². The summed E-state index contributed by atoms with van der Waals surface area (Å²) in [5.74, 6) is -0.742. The number of esters is 1. The van der Waals surface area contributed by atoms with Gasteiger partial charge in [-0.2, -0.15) is 4.57 Å². The highest BCUT2D eigenvalue weighted by Crippen LogP contribution is 2.17. The molecule has 7 nitrogen and oxygen atoms in total. The molecule has 0 aliphatic rings. The van der Waals surface area contributed by atoms with E-state index in [9.17, 15) is 14.9 Å². The van der Waals surface area contributed by atoms with E-state index < -0.39 is 16.9 Å². The van der Waals surface area contributed by atoms with Crippen molar-refractivity contribution in [3.05, 3.63) is 22.6 Å². The Morgan fingerprint density at radius 2 is 2.47 bits per heavy atom. The second-order valence-corrected chi connectivity index (χ2v) is 2.84. The van der Waals surface area contributed by atoms with Crippen LogP contribution in [0.25, 0.3) is 0 Å². The maximum absolute atomic E-state index is 11.3. The number of hydrogen-bond donors (Lipinski definition) is 0. The predicted octanol–water partition coefficient (Wildman–Crippen LogP) is 0.915. The van der Waals surface area contributed by atoms with Crippen LogP contribution in [0, 0.1) is 10.1 Å². The summed E-state index contributed by atoms with van der Waals surface area (Å²) in [5.41, 5.74) is 0. The van der Waals surface area contributed by atoms with Gasteiger partial charge in [0.1, 0.15) is 6.20 Å². The number of nitrogens with zero attached hydrogens (tertiary/aromatic N) is 3. The van der Waals surface area contributed by atoms with Crippen molar-refractivity contribution in [3.63, 3.8) is 0 Å². The lowest BCUT2D eigenvalue weighted by Crippen LogP contribution is -2.19. The number of aromatic nitrogens is 2. The van der Waals surface area contributed by atoms with Gasteiger partial charge in [0.2, 0.25) is 0 Å². The minimum absolute atomic E-state index is 0.226. The van der Waals surface area contributed by atoms with Crippen LogP contribution >= 0.6 is 0 Å². The van der Waals surface area contributed by atoms with Crippen molar-refractivity contribution < 1.29 is 14.5 Å². The van der Waals surface area contributed by atoms with Crippen molar-refractivity contribution in [1.82, 2.24) is 9.55 Å². The number of carbonyl (C=O) groups is 1. The van der Waals surface area contributed by atoms with Crippen LogP contribution < -0.4 is 0 Å². The zero-order chi connectivity index (χ0) is 11.4. The van der Waals surface area contributed by atoms with Crippen LogP contribution in [0.4, 0.5) is 5.82 Å². The molecule has 82 valence electrons. The molecule has 0 spiro atoms. The molecule has 1 rings (SSSR count). The molecule has 0 saturated heterocycles. The van der Waals surface area contributed by atoms with Gasteiger partial charge in [0.15, 0.2) is 12.4 Å². The summed E-state index contributed by atoms with van der Waals surface area (Å²) >= 11 is 0. The Bertz CT molecular complexity index is 374. The molecule has 0 aliphatic heterocycles. The minimum atomic E-state index is -0.743. The number of imidazole rings is 1. The second-order valence-electron chi connectivity index (χ2n) is 2.84. The average Bonchev–Trinajstić information content (AvgIpc) is 2.65. The van der Waals surface area contributed by atoms with Crippen molar-refractivity contribution in [2.75, 3.05) is 6.61 Å². The lowest BCUT2D eigenvalue weighted by molar-refractivity contribution is -0.392. The topological polar surface area (TPSA) is 87.3 Å². The Morgan fingerprint density at radius 1 is 1.80 bits per heavy atom. The highest BCUT2D eigenvalue weighted by atomic mass is 16.6. The van der Waals surface area contributed by atoms with Crippen LogP contribution in [0.2, 0.25) is 0 Å². The third-order valence-corrected chi connectivity index (χ3v) is 1.88. The van der Waals surface area contributed by atoms with Gasteiger partial charge in [-0.1, -0.05) is 0 Å². The molecule has 7 heteroatoms. The highest BCUT2D eigenvalue weighted by Gasteiger charge is 2.25. The first-order valence-electron chi connectivity index (χ1n) is 4.40. The average molecular weight is 213 g/mol. The molecule has 1 aromatic heterocycles. The largest absolute Gasteiger partial charge is 0.463 e. The summed E-state index contributed by atoms with van der Waals surface area (Å²) in [6.07, 6.45) is 2.33. The lowest BCUT2D eigenvalue weighted by Gasteiger charge is -2.08. The first-order chi connectivity index (χ1) is 7.07. The summed E-state index contributed by atoms with van der Waals surface area (Å²) < 4.78 is 5.92. The van der Waals surface area contributed by atoms with Gasteiger partial charge in [-0.05, 0) is 18.8 Å². The molecule has 15 heavy (non-hydrogen) atoms. The number of hydrogen-bond acceptors (Lipinski definition) is 5. The third-order valence-electron chi connectivity index (χ3n) is 1.88. The Kier molecular flexibility index (Phi) is 3.37.